The van der Waals surface area contributed by atoms with Gasteiger partial charge in [-0.2, -0.15) is 0 Å². The Hall–Kier alpha value is -0.830. The van der Waals surface area contributed by atoms with Crippen molar-refractivity contribution in [1.82, 2.24) is 0 Å². The zero-order valence-electron chi connectivity index (χ0n) is 9.67. The Balaban J connectivity index is 2.45. The SMILES string of the molecule is C=C(C)C(=O)OCC1(CC)CCCOC1. The third-order valence-electron chi connectivity index (χ3n) is 3.01. The van der Waals surface area contributed by atoms with E-state index in [1.165, 1.54) is 0 Å². The van der Waals surface area contributed by atoms with E-state index in [9.17, 15) is 4.79 Å². The Labute approximate surface area is 91.4 Å². The van der Waals surface area contributed by atoms with E-state index in [4.69, 9.17) is 9.47 Å². The average Bonchev–Trinajstić information content (AvgIpc) is 2.27. The van der Waals surface area contributed by atoms with Crippen LogP contribution in [-0.4, -0.2) is 25.8 Å². The maximum atomic E-state index is 11.3. The summed E-state index contributed by atoms with van der Waals surface area (Å²) in [4.78, 5) is 11.3. The summed E-state index contributed by atoms with van der Waals surface area (Å²) < 4.78 is 10.7. The summed E-state index contributed by atoms with van der Waals surface area (Å²) in [5, 5.41) is 0. The summed E-state index contributed by atoms with van der Waals surface area (Å²) in [6.45, 7) is 9.33. The molecule has 1 atom stereocenters. The monoisotopic (exact) mass is 212 g/mol. The maximum absolute atomic E-state index is 11.3. The molecule has 15 heavy (non-hydrogen) atoms. The molecule has 0 aromatic heterocycles. The van der Waals surface area contributed by atoms with Crippen molar-refractivity contribution < 1.29 is 14.3 Å². The van der Waals surface area contributed by atoms with Gasteiger partial charge in [0, 0.05) is 17.6 Å². The molecular weight excluding hydrogens is 192 g/mol. The van der Waals surface area contributed by atoms with Gasteiger partial charge in [-0.3, -0.25) is 0 Å². The lowest BCUT2D eigenvalue weighted by Gasteiger charge is -2.35. The molecule has 1 unspecified atom stereocenters. The lowest BCUT2D eigenvalue weighted by Crippen LogP contribution is -2.36. The van der Waals surface area contributed by atoms with Gasteiger partial charge in [-0.25, -0.2) is 4.79 Å². The van der Waals surface area contributed by atoms with Crippen LogP contribution >= 0.6 is 0 Å². The van der Waals surface area contributed by atoms with E-state index in [1.807, 2.05) is 0 Å². The summed E-state index contributed by atoms with van der Waals surface area (Å²) in [5.74, 6) is -0.298. The average molecular weight is 212 g/mol. The van der Waals surface area contributed by atoms with E-state index in [1.54, 1.807) is 6.92 Å². The first-order valence-corrected chi connectivity index (χ1v) is 5.50. The van der Waals surface area contributed by atoms with Crippen molar-refractivity contribution in [3.63, 3.8) is 0 Å². The number of carbonyl (C=O) groups is 1. The van der Waals surface area contributed by atoms with Gasteiger partial charge < -0.3 is 9.47 Å². The molecule has 3 nitrogen and oxygen atoms in total. The maximum Gasteiger partial charge on any atom is 0.333 e. The Morgan fingerprint density at radius 1 is 1.60 bits per heavy atom. The van der Waals surface area contributed by atoms with Crippen LogP contribution in [0.15, 0.2) is 12.2 Å². The summed E-state index contributed by atoms with van der Waals surface area (Å²) >= 11 is 0. The molecule has 1 aliphatic rings. The van der Waals surface area contributed by atoms with Crippen molar-refractivity contribution in [3.8, 4) is 0 Å². The van der Waals surface area contributed by atoms with Gasteiger partial charge in [-0.05, 0) is 26.2 Å². The highest BCUT2D eigenvalue weighted by Gasteiger charge is 2.32. The first-order chi connectivity index (χ1) is 7.09. The van der Waals surface area contributed by atoms with Gasteiger partial charge in [-0.15, -0.1) is 0 Å². The van der Waals surface area contributed by atoms with Crippen molar-refractivity contribution in [2.45, 2.75) is 33.1 Å². The lowest BCUT2D eigenvalue weighted by molar-refractivity contribution is -0.146. The fourth-order valence-electron chi connectivity index (χ4n) is 1.75. The molecule has 0 amide bonds. The highest BCUT2D eigenvalue weighted by atomic mass is 16.5. The number of rotatable bonds is 4. The molecule has 0 radical (unpaired) electrons. The summed E-state index contributed by atoms with van der Waals surface area (Å²) in [5.41, 5.74) is 0.488. The fourth-order valence-corrected chi connectivity index (χ4v) is 1.75. The molecule has 0 N–H and O–H groups in total. The van der Waals surface area contributed by atoms with Crippen LogP contribution < -0.4 is 0 Å². The number of hydrogen-bond acceptors (Lipinski definition) is 3. The predicted octanol–water partition coefficient (Wildman–Crippen LogP) is 2.31. The summed E-state index contributed by atoms with van der Waals surface area (Å²) in [6, 6.07) is 0. The second kappa shape index (κ2) is 5.31. The fraction of sp³-hybridized carbons (Fsp3) is 0.750. The van der Waals surface area contributed by atoms with E-state index in [-0.39, 0.29) is 11.4 Å². The third kappa shape index (κ3) is 3.34. The van der Waals surface area contributed by atoms with Crippen LogP contribution in [0.1, 0.15) is 33.1 Å². The normalized spacial score (nSPS) is 26.0. The summed E-state index contributed by atoms with van der Waals surface area (Å²) in [7, 11) is 0. The van der Waals surface area contributed by atoms with Crippen molar-refractivity contribution >= 4 is 5.97 Å². The van der Waals surface area contributed by atoms with Gasteiger partial charge in [0.05, 0.1) is 13.2 Å². The molecule has 0 spiro atoms. The van der Waals surface area contributed by atoms with Crippen LogP contribution in [0.4, 0.5) is 0 Å². The number of carbonyl (C=O) groups excluding carboxylic acids is 1. The van der Waals surface area contributed by atoms with Gasteiger partial charge in [0.25, 0.3) is 0 Å². The van der Waals surface area contributed by atoms with Gasteiger partial charge in [0.2, 0.25) is 0 Å². The number of ether oxygens (including phenoxy) is 2. The minimum Gasteiger partial charge on any atom is -0.462 e. The van der Waals surface area contributed by atoms with E-state index in [2.05, 4.69) is 13.5 Å². The Bertz CT molecular complexity index is 239. The first-order valence-electron chi connectivity index (χ1n) is 5.50. The van der Waals surface area contributed by atoms with Gasteiger partial charge in [0.1, 0.15) is 0 Å². The highest BCUT2D eigenvalue weighted by Crippen LogP contribution is 2.32. The van der Waals surface area contributed by atoms with E-state index >= 15 is 0 Å². The molecule has 1 rings (SSSR count). The minimum atomic E-state index is -0.298. The second-order valence-electron chi connectivity index (χ2n) is 4.37. The molecule has 0 aromatic carbocycles. The Morgan fingerprint density at radius 2 is 2.33 bits per heavy atom. The van der Waals surface area contributed by atoms with Crippen LogP contribution in [0.2, 0.25) is 0 Å². The molecule has 3 heteroatoms. The molecule has 0 aliphatic carbocycles. The van der Waals surface area contributed by atoms with E-state index < -0.39 is 0 Å². The van der Waals surface area contributed by atoms with Crippen LogP contribution in [-0.2, 0) is 14.3 Å². The van der Waals surface area contributed by atoms with Crippen molar-refractivity contribution in [2.24, 2.45) is 5.41 Å². The van der Waals surface area contributed by atoms with Crippen molar-refractivity contribution in [2.75, 3.05) is 19.8 Å². The predicted molar refractivity (Wildman–Crippen MR) is 58.6 cm³/mol. The van der Waals surface area contributed by atoms with Crippen molar-refractivity contribution in [3.05, 3.63) is 12.2 Å². The Morgan fingerprint density at radius 3 is 2.80 bits per heavy atom. The van der Waals surface area contributed by atoms with Gasteiger partial charge >= 0.3 is 5.97 Å². The molecule has 86 valence electrons. The van der Waals surface area contributed by atoms with Crippen LogP contribution in [0, 0.1) is 5.41 Å². The third-order valence-corrected chi connectivity index (χ3v) is 3.01. The lowest BCUT2D eigenvalue weighted by atomic mass is 9.81. The first kappa shape index (κ1) is 12.2. The largest absolute Gasteiger partial charge is 0.462 e. The quantitative estimate of drug-likeness (QED) is 0.530. The highest BCUT2D eigenvalue weighted by molar-refractivity contribution is 5.86. The van der Waals surface area contributed by atoms with Gasteiger partial charge in [-0.1, -0.05) is 13.5 Å². The number of hydrogen-bond donors (Lipinski definition) is 0. The van der Waals surface area contributed by atoms with E-state index in [0.29, 0.717) is 18.8 Å². The molecule has 1 fully saturated rings. The minimum absolute atomic E-state index is 0.0311. The van der Waals surface area contributed by atoms with Crippen LogP contribution in [0.25, 0.3) is 0 Å². The Kier molecular flexibility index (Phi) is 4.33. The molecule has 1 saturated heterocycles. The van der Waals surface area contributed by atoms with E-state index in [0.717, 1.165) is 25.9 Å². The van der Waals surface area contributed by atoms with Crippen LogP contribution in [0.5, 0.6) is 0 Å². The zero-order valence-corrected chi connectivity index (χ0v) is 9.67. The van der Waals surface area contributed by atoms with Crippen LogP contribution in [0.3, 0.4) is 0 Å². The second-order valence-corrected chi connectivity index (χ2v) is 4.37. The zero-order chi connectivity index (χ0) is 11.3. The standard InChI is InChI=1S/C12H20O3/c1-4-12(6-5-7-14-8-12)9-15-11(13)10(2)3/h2,4-9H2,1,3H3. The molecule has 1 heterocycles. The molecular formula is C12H20O3. The molecule has 0 aromatic rings. The molecule has 0 saturated carbocycles. The summed E-state index contributed by atoms with van der Waals surface area (Å²) in [6.07, 6.45) is 3.11. The van der Waals surface area contributed by atoms with Crippen molar-refractivity contribution in [1.29, 1.82) is 0 Å². The molecule has 0 bridgehead atoms. The smallest absolute Gasteiger partial charge is 0.333 e. The topological polar surface area (TPSA) is 35.5 Å². The molecule has 1 aliphatic heterocycles. The number of esters is 1. The van der Waals surface area contributed by atoms with Gasteiger partial charge in [0.15, 0.2) is 0 Å².